The van der Waals surface area contributed by atoms with Gasteiger partial charge in [-0.15, -0.1) is 0 Å². The number of hydrogen-bond donors (Lipinski definition) is 1. The van der Waals surface area contributed by atoms with Crippen molar-refractivity contribution in [3.05, 3.63) is 87.0 Å². The molecular formula is C25H19ClO7. The van der Waals surface area contributed by atoms with Crippen LogP contribution in [0.1, 0.15) is 15.9 Å². The molecule has 1 N–H and O–H groups in total. The molecule has 0 saturated carbocycles. The third kappa shape index (κ3) is 4.49. The molecule has 0 atom stereocenters. The molecule has 4 aromatic rings. The summed E-state index contributed by atoms with van der Waals surface area (Å²) in [4.78, 5) is 24.6. The summed E-state index contributed by atoms with van der Waals surface area (Å²) in [5.41, 5.74) is 1.18. The average Bonchev–Trinajstić information content (AvgIpc) is 2.83. The van der Waals surface area contributed by atoms with Gasteiger partial charge in [0.25, 0.3) is 0 Å². The molecule has 0 spiro atoms. The lowest BCUT2D eigenvalue weighted by Gasteiger charge is -2.14. The van der Waals surface area contributed by atoms with Crippen molar-refractivity contribution in [3.63, 3.8) is 0 Å². The van der Waals surface area contributed by atoms with Gasteiger partial charge in [-0.3, -0.25) is 4.79 Å². The maximum absolute atomic E-state index is 13.4. The molecule has 33 heavy (non-hydrogen) atoms. The second-order valence-electron chi connectivity index (χ2n) is 7.09. The number of benzene rings is 3. The van der Waals surface area contributed by atoms with E-state index in [4.69, 9.17) is 30.2 Å². The van der Waals surface area contributed by atoms with E-state index in [9.17, 15) is 14.7 Å². The molecule has 0 aliphatic rings. The van der Waals surface area contributed by atoms with Crippen LogP contribution in [-0.4, -0.2) is 25.3 Å². The topological polar surface area (TPSA) is 95.2 Å². The van der Waals surface area contributed by atoms with Gasteiger partial charge in [-0.05, 0) is 54.1 Å². The molecule has 0 unspecified atom stereocenters. The number of ether oxygens (including phenoxy) is 3. The summed E-state index contributed by atoms with van der Waals surface area (Å²) in [6.45, 7) is -0.0434. The summed E-state index contributed by atoms with van der Waals surface area (Å²) in [5, 5.41) is 9.88. The van der Waals surface area contributed by atoms with E-state index in [1.807, 2.05) is 0 Å². The third-order valence-corrected chi connectivity index (χ3v) is 5.25. The highest BCUT2D eigenvalue weighted by Crippen LogP contribution is 2.37. The van der Waals surface area contributed by atoms with Gasteiger partial charge >= 0.3 is 5.97 Å². The van der Waals surface area contributed by atoms with E-state index in [1.54, 1.807) is 42.5 Å². The van der Waals surface area contributed by atoms with E-state index in [1.165, 1.54) is 32.4 Å². The minimum atomic E-state index is -1.05. The van der Waals surface area contributed by atoms with Crippen LogP contribution < -0.4 is 19.6 Å². The Balaban J connectivity index is 1.84. The van der Waals surface area contributed by atoms with Crippen molar-refractivity contribution in [1.82, 2.24) is 0 Å². The smallest absolute Gasteiger partial charge is 0.335 e. The number of carboxylic acids is 1. The molecule has 0 fully saturated rings. The van der Waals surface area contributed by atoms with Crippen LogP contribution in [0, 0.1) is 0 Å². The van der Waals surface area contributed by atoms with Crippen LogP contribution in [0.3, 0.4) is 0 Å². The summed E-state index contributed by atoms with van der Waals surface area (Å²) >= 11 is 6.09. The summed E-state index contributed by atoms with van der Waals surface area (Å²) in [6.07, 6.45) is 0. The van der Waals surface area contributed by atoms with Gasteiger partial charge in [0.05, 0.1) is 25.2 Å². The van der Waals surface area contributed by atoms with E-state index >= 15 is 0 Å². The van der Waals surface area contributed by atoms with Crippen LogP contribution in [0.4, 0.5) is 0 Å². The Kier molecular flexibility index (Phi) is 6.24. The minimum absolute atomic E-state index is 0.0299. The zero-order valence-corrected chi connectivity index (χ0v) is 18.5. The number of carboxylic acid groups (broad SMARTS) is 1. The number of fused-ring (bicyclic) bond motifs is 1. The zero-order valence-electron chi connectivity index (χ0n) is 17.8. The molecule has 168 valence electrons. The molecule has 0 radical (unpaired) electrons. The Labute approximate surface area is 193 Å². The molecule has 0 bridgehead atoms. The first-order chi connectivity index (χ1) is 15.9. The standard InChI is InChI=1S/C25H19ClO7/c1-30-20-8-6-15(11-21(20)31-2)23-24(22(27)18-12-17(26)7-9-19(18)33-23)32-13-14-4-3-5-16(10-14)25(28)29/h3-12H,13H2,1-2H3,(H,28,29). The second kappa shape index (κ2) is 9.26. The molecule has 1 heterocycles. The Morgan fingerprint density at radius 3 is 2.52 bits per heavy atom. The van der Waals surface area contributed by atoms with Gasteiger partial charge in [0.15, 0.2) is 17.3 Å². The van der Waals surface area contributed by atoms with Gasteiger partial charge in [-0.25, -0.2) is 4.79 Å². The Bertz CT molecular complexity index is 1410. The number of rotatable bonds is 7. The minimum Gasteiger partial charge on any atom is -0.493 e. The lowest BCUT2D eigenvalue weighted by Crippen LogP contribution is -2.11. The van der Waals surface area contributed by atoms with Crippen molar-refractivity contribution in [2.45, 2.75) is 6.61 Å². The van der Waals surface area contributed by atoms with Crippen molar-refractivity contribution in [2.75, 3.05) is 14.2 Å². The van der Waals surface area contributed by atoms with Crippen molar-refractivity contribution in [2.24, 2.45) is 0 Å². The van der Waals surface area contributed by atoms with Crippen molar-refractivity contribution in [3.8, 4) is 28.6 Å². The highest BCUT2D eigenvalue weighted by Gasteiger charge is 2.20. The predicted octanol–water partition coefficient (Wildman–Crippen LogP) is 5.41. The lowest BCUT2D eigenvalue weighted by molar-refractivity contribution is 0.0696. The van der Waals surface area contributed by atoms with E-state index in [0.717, 1.165) is 0 Å². The summed E-state index contributed by atoms with van der Waals surface area (Å²) in [7, 11) is 3.03. The first-order valence-electron chi connectivity index (χ1n) is 9.85. The van der Waals surface area contributed by atoms with E-state index < -0.39 is 11.4 Å². The monoisotopic (exact) mass is 466 g/mol. The highest BCUT2D eigenvalue weighted by molar-refractivity contribution is 6.31. The first kappa shape index (κ1) is 22.2. The maximum atomic E-state index is 13.4. The largest absolute Gasteiger partial charge is 0.493 e. The van der Waals surface area contributed by atoms with Crippen LogP contribution in [0.15, 0.2) is 69.9 Å². The van der Waals surface area contributed by atoms with Crippen molar-refractivity contribution in [1.29, 1.82) is 0 Å². The lowest BCUT2D eigenvalue weighted by atomic mass is 10.1. The van der Waals surface area contributed by atoms with Crippen LogP contribution in [0.2, 0.25) is 5.02 Å². The molecule has 4 rings (SSSR count). The number of carbonyl (C=O) groups is 1. The summed E-state index contributed by atoms with van der Waals surface area (Å²) in [5.74, 6) is 0.0868. The normalized spacial score (nSPS) is 10.8. The fraction of sp³-hybridized carbons (Fsp3) is 0.120. The van der Waals surface area contributed by atoms with Crippen LogP contribution in [0.5, 0.6) is 17.2 Å². The molecule has 8 heteroatoms. The van der Waals surface area contributed by atoms with E-state index in [-0.39, 0.29) is 29.1 Å². The van der Waals surface area contributed by atoms with E-state index in [2.05, 4.69) is 0 Å². The Morgan fingerprint density at radius 2 is 1.79 bits per heavy atom. The molecule has 3 aromatic carbocycles. The SMILES string of the molecule is COc1ccc(-c2oc3ccc(Cl)cc3c(=O)c2OCc2cccc(C(=O)O)c2)cc1OC. The molecular weight excluding hydrogens is 448 g/mol. The Hall–Kier alpha value is -3.97. The molecule has 0 aliphatic heterocycles. The van der Waals surface area contributed by atoms with Crippen molar-refractivity contribution >= 4 is 28.5 Å². The maximum Gasteiger partial charge on any atom is 0.335 e. The predicted molar refractivity (Wildman–Crippen MR) is 124 cm³/mol. The summed E-state index contributed by atoms with van der Waals surface area (Å²) < 4.78 is 22.6. The molecule has 7 nitrogen and oxygen atoms in total. The van der Waals surface area contributed by atoms with Crippen molar-refractivity contribution < 1.29 is 28.5 Å². The molecule has 0 amide bonds. The van der Waals surface area contributed by atoms with Gasteiger partial charge in [-0.2, -0.15) is 0 Å². The fourth-order valence-corrected chi connectivity index (χ4v) is 3.57. The first-order valence-corrected chi connectivity index (χ1v) is 10.2. The molecule has 0 aliphatic carbocycles. The van der Waals surface area contributed by atoms with Gasteiger partial charge in [0.2, 0.25) is 11.2 Å². The number of halogens is 1. The van der Waals surface area contributed by atoms with Crippen LogP contribution in [-0.2, 0) is 6.61 Å². The Morgan fingerprint density at radius 1 is 1.00 bits per heavy atom. The summed E-state index contributed by atoms with van der Waals surface area (Å²) in [6, 6.07) is 16.1. The van der Waals surface area contributed by atoms with Crippen LogP contribution >= 0.6 is 11.6 Å². The van der Waals surface area contributed by atoms with Crippen LogP contribution in [0.25, 0.3) is 22.3 Å². The number of hydrogen-bond acceptors (Lipinski definition) is 6. The highest BCUT2D eigenvalue weighted by atomic mass is 35.5. The van der Waals surface area contributed by atoms with Gasteiger partial charge in [0.1, 0.15) is 12.2 Å². The third-order valence-electron chi connectivity index (χ3n) is 5.01. The van der Waals surface area contributed by atoms with E-state index in [0.29, 0.717) is 33.2 Å². The zero-order chi connectivity index (χ0) is 23.5. The van der Waals surface area contributed by atoms with Gasteiger partial charge in [-0.1, -0.05) is 23.7 Å². The average molecular weight is 467 g/mol. The quantitative estimate of drug-likeness (QED) is 0.389. The fourth-order valence-electron chi connectivity index (χ4n) is 3.40. The number of aromatic carboxylic acids is 1. The second-order valence-corrected chi connectivity index (χ2v) is 7.53. The van der Waals surface area contributed by atoms with Gasteiger partial charge < -0.3 is 23.7 Å². The molecule has 1 aromatic heterocycles. The molecule has 0 saturated heterocycles. The number of methoxy groups -OCH3 is 2. The van der Waals surface area contributed by atoms with Gasteiger partial charge in [0, 0.05) is 10.6 Å².